The molecule has 3 aliphatic rings. The maximum absolute atomic E-state index is 14.4. The lowest BCUT2D eigenvalue weighted by Gasteiger charge is -2.43. The second-order valence-electron chi connectivity index (χ2n) is 12.6. The average Bonchev–Trinajstić information content (AvgIpc) is 3.05. The van der Waals surface area contributed by atoms with Gasteiger partial charge in [-0.05, 0) is 48.8 Å². The van der Waals surface area contributed by atoms with Crippen molar-refractivity contribution < 1.29 is 19.1 Å². The van der Waals surface area contributed by atoms with Crippen LogP contribution in [0.2, 0.25) is 10.0 Å². The quantitative estimate of drug-likeness (QED) is 0.259. The molecule has 0 saturated heterocycles. The number of hydrogen-bond donors (Lipinski definition) is 2. The van der Waals surface area contributed by atoms with Crippen molar-refractivity contribution >= 4 is 52.6 Å². The van der Waals surface area contributed by atoms with Gasteiger partial charge in [0, 0.05) is 49.2 Å². The van der Waals surface area contributed by atoms with Crippen LogP contribution in [0.3, 0.4) is 0 Å². The molecule has 1 aliphatic heterocycles. The molecule has 1 aromatic carbocycles. The van der Waals surface area contributed by atoms with E-state index in [0.29, 0.717) is 34.7 Å². The number of nitrogens with one attached hydrogen (secondary N) is 2. The summed E-state index contributed by atoms with van der Waals surface area (Å²) in [6.45, 7) is 3.71. The molecule has 2 aromatic heterocycles. The van der Waals surface area contributed by atoms with E-state index in [0.717, 1.165) is 19.3 Å². The lowest BCUT2D eigenvalue weighted by atomic mass is 9.68. The van der Waals surface area contributed by atoms with E-state index in [2.05, 4.69) is 22.2 Å². The molecule has 3 atom stereocenters. The number of aryl methyl sites for hydroxylation is 1. The van der Waals surface area contributed by atoms with Crippen LogP contribution in [0.25, 0.3) is 0 Å². The van der Waals surface area contributed by atoms with E-state index in [1.165, 1.54) is 60.0 Å². The number of hydrogen-bond acceptors (Lipinski definition) is 8. The first-order valence-electron chi connectivity index (χ1n) is 16.0. The van der Waals surface area contributed by atoms with Crippen molar-refractivity contribution in [1.29, 1.82) is 0 Å². The highest BCUT2D eigenvalue weighted by Gasteiger charge is 2.39. The molecule has 14 heteroatoms. The van der Waals surface area contributed by atoms with Gasteiger partial charge in [0.2, 0.25) is 11.9 Å². The number of fused-ring (bicyclic) bond motifs is 1. The summed E-state index contributed by atoms with van der Waals surface area (Å²) in [5, 5.41) is 6.86. The Morgan fingerprint density at radius 2 is 1.79 bits per heavy atom. The summed E-state index contributed by atoms with van der Waals surface area (Å²) in [5.41, 5.74) is 1.24. The second-order valence-corrected chi connectivity index (χ2v) is 13.3. The molecule has 254 valence electrons. The highest BCUT2D eigenvalue weighted by Crippen LogP contribution is 2.48. The van der Waals surface area contributed by atoms with Gasteiger partial charge < -0.3 is 24.7 Å². The van der Waals surface area contributed by atoms with Gasteiger partial charge in [-0.3, -0.25) is 19.4 Å². The van der Waals surface area contributed by atoms with E-state index < -0.39 is 6.03 Å². The third-order valence-corrected chi connectivity index (χ3v) is 10.5. The molecule has 0 radical (unpaired) electrons. The van der Waals surface area contributed by atoms with E-state index in [9.17, 15) is 14.4 Å². The molecule has 2 fully saturated rings. The Hall–Kier alpha value is -4.29. The van der Waals surface area contributed by atoms with Crippen molar-refractivity contribution in [3.63, 3.8) is 0 Å². The van der Waals surface area contributed by atoms with Crippen molar-refractivity contribution in [3.8, 4) is 11.5 Å². The summed E-state index contributed by atoms with van der Waals surface area (Å²) < 4.78 is 12.4. The lowest BCUT2D eigenvalue weighted by molar-refractivity contribution is -0.117. The fourth-order valence-corrected chi connectivity index (χ4v) is 7.57. The smallest absolute Gasteiger partial charge is 0.330 e. The molecule has 3 amide bonds. The Kier molecular flexibility index (Phi) is 9.84. The monoisotopic (exact) mass is 695 g/mol. The molecule has 6 rings (SSSR count). The summed E-state index contributed by atoms with van der Waals surface area (Å²) in [5.74, 6) is 2.30. The molecular formula is C34H39Cl2N7O5. The number of carbonyl (C=O) groups excluding carboxylic acids is 2. The molecule has 3 heterocycles. The number of anilines is 3. The van der Waals surface area contributed by atoms with Crippen LogP contribution in [0.4, 0.5) is 22.2 Å². The first-order valence-corrected chi connectivity index (χ1v) is 16.8. The molecule has 0 bridgehead atoms. The predicted molar refractivity (Wildman–Crippen MR) is 185 cm³/mol. The maximum Gasteiger partial charge on any atom is 0.330 e. The molecule has 3 aromatic rings. The highest BCUT2D eigenvalue weighted by atomic mass is 35.5. The van der Waals surface area contributed by atoms with Crippen molar-refractivity contribution in [3.05, 3.63) is 74.8 Å². The molecule has 2 N–H and O–H groups in total. The number of carbonyl (C=O) groups is 2. The van der Waals surface area contributed by atoms with Crippen LogP contribution in [0.5, 0.6) is 11.5 Å². The standard InChI is InChI=1S/C34H39Cl2N7O5/c1-5-27(44)38-23-10-9-21(20-7-6-8-20)14-24(23)39-33-37-16-22-18-42(31-29(35)25(47-3)15-26(48-4)30(31)36)34(46)43(32(22)40-33)17-19-11-12-41(2)28(45)13-19/h5,11-13,15-16,20-21,23-24H,1,6-10,14,17-18H2,2-4H3,(H,38,44)(H,37,39,40). The van der Waals surface area contributed by atoms with E-state index in [4.69, 9.17) is 37.7 Å². The normalized spacial score (nSPS) is 20.9. The van der Waals surface area contributed by atoms with Crippen LogP contribution in [0, 0.1) is 11.8 Å². The van der Waals surface area contributed by atoms with E-state index >= 15 is 0 Å². The van der Waals surface area contributed by atoms with Crippen molar-refractivity contribution in [2.75, 3.05) is 29.3 Å². The first kappa shape index (κ1) is 33.6. The summed E-state index contributed by atoms with van der Waals surface area (Å²) >= 11 is 13.5. The minimum Gasteiger partial charge on any atom is -0.495 e. The topological polar surface area (TPSA) is 131 Å². The van der Waals surface area contributed by atoms with Gasteiger partial charge in [0.25, 0.3) is 5.56 Å². The van der Waals surface area contributed by atoms with Gasteiger partial charge in [-0.2, -0.15) is 4.98 Å². The summed E-state index contributed by atoms with van der Waals surface area (Å²) in [6, 6.07) is 4.10. The Bertz CT molecular complexity index is 1770. The minimum atomic E-state index is -0.467. The van der Waals surface area contributed by atoms with Crippen LogP contribution in [-0.4, -0.2) is 52.8 Å². The van der Waals surface area contributed by atoms with Gasteiger partial charge in [0.15, 0.2) is 0 Å². The van der Waals surface area contributed by atoms with Gasteiger partial charge in [-0.1, -0.05) is 49.0 Å². The van der Waals surface area contributed by atoms with Gasteiger partial charge in [0.05, 0.1) is 33.0 Å². The van der Waals surface area contributed by atoms with Gasteiger partial charge in [-0.25, -0.2) is 9.78 Å². The first-order chi connectivity index (χ1) is 23.1. The third kappa shape index (κ3) is 6.55. The van der Waals surface area contributed by atoms with Crippen LogP contribution < -0.4 is 35.5 Å². The van der Waals surface area contributed by atoms with Crippen LogP contribution >= 0.6 is 23.2 Å². The third-order valence-electron chi connectivity index (χ3n) is 9.75. The van der Waals surface area contributed by atoms with Crippen molar-refractivity contribution in [2.24, 2.45) is 18.9 Å². The number of aromatic nitrogens is 3. The van der Waals surface area contributed by atoms with Crippen LogP contribution in [-0.2, 0) is 24.9 Å². The number of methoxy groups -OCH3 is 2. The van der Waals surface area contributed by atoms with Gasteiger partial charge in [0.1, 0.15) is 27.4 Å². The number of urea groups is 1. The fourth-order valence-electron chi connectivity index (χ4n) is 6.87. The minimum absolute atomic E-state index is 0.0381. The zero-order valence-electron chi connectivity index (χ0n) is 27.2. The number of halogens is 2. The summed E-state index contributed by atoms with van der Waals surface area (Å²) in [7, 11) is 4.58. The molecule has 3 unspecified atom stereocenters. The van der Waals surface area contributed by atoms with E-state index in [1.54, 1.807) is 31.6 Å². The largest absolute Gasteiger partial charge is 0.495 e. The number of pyridine rings is 1. The molecule has 12 nitrogen and oxygen atoms in total. The van der Waals surface area contributed by atoms with Gasteiger partial charge >= 0.3 is 6.03 Å². The van der Waals surface area contributed by atoms with Crippen LogP contribution in [0.1, 0.15) is 49.7 Å². The highest BCUT2D eigenvalue weighted by molar-refractivity contribution is 6.42. The second kappa shape index (κ2) is 14.1. The average molecular weight is 697 g/mol. The zero-order chi connectivity index (χ0) is 34.1. The Balaban J connectivity index is 1.38. The Morgan fingerprint density at radius 3 is 2.42 bits per heavy atom. The number of ether oxygens (including phenoxy) is 2. The molecular weight excluding hydrogens is 657 g/mol. The fraction of sp³-hybridized carbons (Fsp3) is 0.441. The number of nitrogens with zero attached hydrogens (tertiary/aromatic N) is 5. The van der Waals surface area contributed by atoms with Crippen molar-refractivity contribution in [1.82, 2.24) is 19.9 Å². The SMILES string of the molecule is C=CC(=O)NC1CCC(C2CCC2)CC1Nc1ncc2c(n1)N(Cc1ccn(C)c(=O)c1)C(=O)N(c1c(Cl)c(OC)cc(OC)c1Cl)C2. The lowest BCUT2D eigenvalue weighted by Crippen LogP contribution is -2.51. The number of benzene rings is 1. The number of rotatable bonds is 10. The van der Waals surface area contributed by atoms with E-state index in [-0.39, 0.29) is 63.9 Å². The summed E-state index contributed by atoms with van der Waals surface area (Å²) in [4.78, 5) is 51.8. The van der Waals surface area contributed by atoms with E-state index in [1.807, 2.05) is 0 Å². The van der Waals surface area contributed by atoms with Crippen LogP contribution in [0.15, 0.2) is 48.0 Å². The van der Waals surface area contributed by atoms with Gasteiger partial charge in [-0.15, -0.1) is 0 Å². The number of amides is 3. The van der Waals surface area contributed by atoms with Crippen molar-refractivity contribution in [2.45, 2.75) is 63.7 Å². The predicted octanol–water partition coefficient (Wildman–Crippen LogP) is 5.70. The summed E-state index contributed by atoms with van der Waals surface area (Å²) in [6.07, 6.45) is 11.1. The Morgan fingerprint density at radius 1 is 1.06 bits per heavy atom. The molecule has 48 heavy (non-hydrogen) atoms. The zero-order valence-corrected chi connectivity index (χ0v) is 28.7. The molecule has 2 aliphatic carbocycles. The molecule has 2 saturated carbocycles. The molecule has 0 spiro atoms. The maximum atomic E-state index is 14.4. The Labute approximate surface area is 289 Å².